The summed E-state index contributed by atoms with van der Waals surface area (Å²) in [5, 5.41) is 14.6. The van der Waals surface area contributed by atoms with Gasteiger partial charge in [-0.1, -0.05) is 29.3 Å². The number of hydrogen-bond donors (Lipinski definition) is 1. The van der Waals surface area contributed by atoms with Crippen molar-refractivity contribution in [2.75, 3.05) is 26.1 Å². The molecule has 0 bridgehead atoms. The molecule has 0 amide bonds. The Kier molecular flexibility index (Phi) is 6.77. The van der Waals surface area contributed by atoms with E-state index in [0.717, 1.165) is 29.4 Å². The molecule has 1 aliphatic rings. The van der Waals surface area contributed by atoms with Gasteiger partial charge < -0.3 is 14.8 Å². The number of methoxy groups -OCH3 is 2. The lowest BCUT2D eigenvalue weighted by Crippen LogP contribution is -2.44. The number of likely N-dealkylation sites (tertiary alicyclic amines) is 1. The molecule has 0 spiro atoms. The summed E-state index contributed by atoms with van der Waals surface area (Å²) in [5.74, 6) is 1.49. The highest BCUT2D eigenvalue weighted by Gasteiger charge is 2.38. The third-order valence-corrected chi connectivity index (χ3v) is 6.84. The van der Waals surface area contributed by atoms with Crippen LogP contribution in [0.4, 0.5) is 5.95 Å². The topological polar surface area (TPSA) is 83.3 Å². The molecule has 2 atom stereocenters. The molecule has 7 nitrogen and oxygen atoms in total. The first-order valence-corrected chi connectivity index (χ1v) is 11.7. The molecule has 0 aliphatic carbocycles. The van der Waals surface area contributed by atoms with E-state index in [1.807, 2.05) is 18.2 Å². The molecule has 3 aromatic rings. The Morgan fingerprint density at radius 3 is 2.35 bits per heavy atom. The normalized spacial score (nSPS) is 18.6. The van der Waals surface area contributed by atoms with E-state index in [1.165, 1.54) is 0 Å². The van der Waals surface area contributed by atoms with Gasteiger partial charge in [0.15, 0.2) is 0 Å². The van der Waals surface area contributed by atoms with Crippen LogP contribution in [0, 0.1) is 11.3 Å². The molecule has 2 heterocycles. The van der Waals surface area contributed by atoms with Gasteiger partial charge in [-0.3, -0.25) is 4.90 Å². The lowest BCUT2D eigenvalue weighted by atomic mass is 10.0. The quantitative estimate of drug-likeness (QED) is 0.474. The van der Waals surface area contributed by atoms with Gasteiger partial charge in [0.05, 0.1) is 35.9 Å². The highest BCUT2D eigenvalue weighted by Crippen LogP contribution is 2.46. The molecule has 0 radical (unpaired) electrons. The van der Waals surface area contributed by atoms with Crippen LogP contribution < -0.4 is 14.8 Å². The maximum atomic E-state index is 9.56. The van der Waals surface area contributed by atoms with Crippen LogP contribution in [0.5, 0.6) is 11.5 Å². The monoisotopic (exact) mass is 499 g/mol. The summed E-state index contributed by atoms with van der Waals surface area (Å²) in [6.45, 7) is 7.14. The van der Waals surface area contributed by atoms with Gasteiger partial charge in [0.1, 0.15) is 17.5 Å². The molecule has 0 unspecified atom stereocenters. The molecule has 1 aromatic heterocycles. The van der Waals surface area contributed by atoms with Gasteiger partial charge in [-0.25, -0.2) is 9.97 Å². The summed E-state index contributed by atoms with van der Waals surface area (Å²) in [7, 11) is 3.09. The standard InChI is InChI=1S/C25H27Cl2N5O2/c1-25(2,3)32-13-16(9-17(32)11-28)30-24-29-12-15-8-14(6-7-18(15)31-24)21-22(26)19(33-4)10-20(34-5)23(21)27/h6-8,10,12,16-17H,9,13H2,1-5H3,(H,29,30,31)/t16-,17-/m0/s1. The maximum absolute atomic E-state index is 9.56. The molecular weight excluding hydrogens is 473 g/mol. The molecule has 1 fully saturated rings. The van der Waals surface area contributed by atoms with Crippen LogP contribution in [0.25, 0.3) is 22.0 Å². The van der Waals surface area contributed by atoms with E-state index in [9.17, 15) is 5.26 Å². The Bertz CT molecular complexity index is 1240. The fraction of sp³-hybridized carbons (Fsp3) is 0.400. The maximum Gasteiger partial charge on any atom is 0.223 e. The van der Waals surface area contributed by atoms with Crippen LogP contribution in [0.2, 0.25) is 10.0 Å². The van der Waals surface area contributed by atoms with Crippen LogP contribution in [-0.4, -0.2) is 53.3 Å². The number of halogens is 2. The predicted molar refractivity (Wildman–Crippen MR) is 136 cm³/mol. The highest BCUT2D eigenvalue weighted by atomic mass is 35.5. The molecular formula is C25H27Cl2N5O2. The molecule has 1 N–H and O–H groups in total. The van der Waals surface area contributed by atoms with Crippen molar-refractivity contribution in [3.8, 4) is 28.7 Å². The number of nitriles is 1. The SMILES string of the molecule is COc1cc(OC)c(Cl)c(-c2ccc3nc(N[C@H]4C[C@@H](C#N)N(C(C)(C)C)C4)ncc3c2)c1Cl. The van der Waals surface area contributed by atoms with Crippen LogP contribution in [-0.2, 0) is 0 Å². The zero-order valence-electron chi connectivity index (χ0n) is 19.8. The number of benzene rings is 2. The fourth-order valence-corrected chi connectivity index (χ4v) is 5.10. The zero-order valence-corrected chi connectivity index (χ0v) is 21.3. The number of ether oxygens (including phenoxy) is 2. The second kappa shape index (κ2) is 9.46. The van der Waals surface area contributed by atoms with Gasteiger partial charge in [-0.2, -0.15) is 5.26 Å². The summed E-state index contributed by atoms with van der Waals surface area (Å²) in [6, 6.07) is 9.81. The van der Waals surface area contributed by atoms with E-state index in [1.54, 1.807) is 26.5 Å². The molecule has 1 aliphatic heterocycles. The van der Waals surface area contributed by atoms with Crippen molar-refractivity contribution in [3.63, 3.8) is 0 Å². The van der Waals surface area contributed by atoms with Crippen LogP contribution in [0.1, 0.15) is 27.2 Å². The number of anilines is 1. The first-order valence-electron chi connectivity index (χ1n) is 11.0. The van der Waals surface area contributed by atoms with Gasteiger partial charge in [0, 0.05) is 41.3 Å². The van der Waals surface area contributed by atoms with E-state index in [0.29, 0.717) is 33.1 Å². The Labute approximate surface area is 209 Å². The van der Waals surface area contributed by atoms with Gasteiger partial charge in [-0.15, -0.1) is 0 Å². The summed E-state index contributed by atoms with van der Waals surface area (Å²) < 4.78 is 10.8. The molecule has 2 aromatic carbocycles. The Morgan fingerprint density at radius 2 is 1.79 bits per heavy atom. The van der Waals surface area contributed by atoms with Crippen LogP contribution >= 0.6 is 23.2 Å². The largest absolute Gasteiger partial charge is 0.495 e. The van der Waals surface area contributed by atoms with Gasteiger partial charge in [-0.05, 0) is 44.9 Å². The number of hydrogen-bond acceptors (Lipinski definition) is 7. The average molecular weight is 500 g/mol. The minimum Gasteiger partial charge on any atom is -0.495 e. The molecule has 0 saturated carbocycles. The van der Waals surface area contributed by atoms with E-state index in [4.69, 9.17) is 32.7 Å². The van der Waals surface area contributed by atoms with Gasteiger partial charge >= 0.3 is 0 Å². The minimum atomic E-state index is -0.130. The summed E-state index contributed by atoms with van der Waals surface area (Å²) >= 11 is 13.2. The van der Waals surface area contributed by atoms with Crippen LogP contribution in [0.3, 0.4) is 0 Å². The smallest absolute Gasteiger partial charge is 0.223 e. The number of fused-ring (bicyclic) bond motifs is 1. The summed E-state index contributed by atoms with van der Waals surface area (Å²) in [5.41, 5.74) is 2.13. The van der Waals surface area contributed by atoms with Crippen LogP contribution in [0.15, 0.2) is 30.5 Å². The molecule has 178 valence electrons. The summed E-state index contributed by atoms with van der Waals surface area (Å²) in [4.78, 5) is 11.4. The zero-order chi connectivity index (χ0) is 24.6. The van der Waals surface area contributed by atoms with Crippen molar-refractivity contribution in [1.82, 2.24) is 14.9 Å². The average Bonchev–Trinajstić information content (AvgIpc) is 3.23. The number of rotatable bonds is 5. The van der Waals surface area contributed by atoms with E-state index in [2.05, 4.69) is 47.0 Å². The van der Waals surface area contributed by atoms with Gasteiger partial charge in [0.25, 0.3) is 0 Å². The van der Waals surface area contributed by atoms with Crippen molar-refractivity contribution in [1.29, 1.82) is 5.26 Å². The van der Waals surface area contributed by atoms with E-state index in [-0.39, 0.29) is 17.6 Å². The highest BCUT2D eigenvalue weighted by molar-refractivity contribution is 6.41. The second-order valence-corrected chi connectivity index (χ2v) is 10.1. The van der Waals surface area contributed by atoms with Crippen molar-refractivity contribution >= 4 is 40.1 Å². The fourth-order valence-electron chi connectivity index (χ4n) is 4.38. The van der Waals surface area contributed by atoms with Crippen molar-refractivity contribution in [2.24, 2.45) is 0 Å². The van der Waals surface area contributed by atoms with Crippen molar-refractivity contribution < 1.29 is 9.47 Å². The lowest BCUT2D eigenvalue weighted by molar-refractivity contribution is 0.145. The first-order chi connectivity index (χ1) is 16.2. The number of aromatic nitrogens is 2. The Hall–Kier alpha value is -2.79. The molecule has 34 heavy (non-hydrogen) atoms. The van der Waals surface area contributed by atoms with Gasteiger partial charge in [0.2, 0.25) is 5.95 Å². The molecule has 4 rings (SSSR count). The third kappa shape index (κ3) is 4.58. The first kappa shape index (κ1) is 24.3. The Morgan fingerprint density at radius 1 is 1.12 bits per heavy atom. The molecule has 1 saturated heterocycles. The van der Waals surface area contributed by atoms with E-state index < -0.39 is 0 Å². The third-order valence-electron chi connectivity index (χ3n) is 6.09. The van der Waals surface area contributed by atoms with Crippen molar-refractivity contribution in [2.45, 2.75) is 44.8 Å². The minimum absolute atomic E-state index is 0.0805. The van der Waals surface area contributed by atoms with Crippen molar-refractivity contribution in [3.05, 3.63) is 40.5 Å². The predicted octanol–water partition coefficient (Wildman–Crippen LogP) is 5.80. The molecule has 9 heteroatoms. The summed E-state index contributed by atoms with van der Waals surface area (Å²) in [6.07, 6.45) is 2.49. The number of nitrogens with one attached hydrogen (secondary N) is 1. The second-order valence-electron chi connectivity index (χ2n) is 9.30. The lowest BCUT2D eigenvalue weighted by Gasteiger charge is -2.34. The number of nitrogens with zero attached hydrogens (tertiary/aromatic N) is 4. The Balaban J connectivity index is 1.63. The van der Waals surface area contributed by atoms with E-state index >= 15 is 0 Å².